The van der Waals surface area contributed by atoms with Gasteiger partial charge < -0.3 is 15.4 Å². The number of carbonyl (C=O) groups is 2. The van der Waals surface area contributed by atoms with E-state index in [-0.39, 0.29) is 11.8 Å². The third kappa shape index (κ3) is 5.83. The average molecular weight is 409 g/mol. The number of nitrogens with one attached hydrogen (secondary N) is 2. The summed E-state index contributed by atoms with van der Waals surface area (Å²) in [5.74, 6) is 0.0591. The van der Waals surface area contributed by atoms with Gasteiger partial charge in [-0.15, -0.1) is 0 Å². The molecule has 0 aliphatic heterocycles. The number of rotatable bonds is 7. The maximum absolute atomic E-state index is 12.6. The van der Waals surface area contributed by atoms with E-state index >= 15 is 0 Å². The van der Waals surface area contributed by atoms with Crippen molar-refractivity contribution >= 4 is 34.8 Å². The van der Waals surface area contributed by atoms with Crippen molar-refractivity contribution in [2.24, 2.45) is 0 Å². The molecule has 148 valence electrons. The molecular weight excluding hydrogens is 388 g/mol. The number of hydrogen-bond acceptors (Lipinski definition) is 3. The van der Waals surface area contributed by atoms with Gasteiger partial charge in [0.1, 0.15) is 5.75 Å². The molecule has 0 saturated carbocycles. The lowest BCUT2D eigenvalue weighted by Gasteiger charge is -2.17. The van der Waals surface area contributed by atoms with E-state index in [9.17, 15) is 9.59 Å². The van der Waals surface area contributed by atoms with Crippen molar-refractivity contribution < 1.29 is 14.3 Å². The first-order valence-electron chi connectivity index (χ1n) is 9.24. The van der Waals surface area contributed by atoms with Crippen molar-refractivity contribution in [2.45, 2.75) is 19.4 Å². The van der Waals surface area contributed by atoms with Crippen LogP contribution < -0.4 is 15.4 Å². The first kappa shape index (κ1) is 20.4. The Labute approximate surface area is 174 Å². The van der Waals surface area contributed by atoms with Gasteiger partial charge in [0.05, 0.1) is 0 Å². The molecule has 0 spiro atoms. The molecule has 2 N–H and O–H groups in total. The molecule has 29 heavy (non-hydrogen) atoms. The summed E-state index contributed by atoms with van der Waals surface area (Å²) < 4.78 is 5.76. The summed E-state index contributed by atoms with van der Waals surface area (Å²) in [5, 5.41) is 6.14. The number of halogens is 1. The normalized spacial score (nSPS) is 11.4. The Bertz CT molecular complexity index is 992. The highest BCUT2D eigenvalue weighted by atomic mass is 35.5. The summed E-state index contributed by atoms with van der Waals surface area (Å²) in [6.07, 6.45) is -0.128. The summed E-state index contributed by atoms with van der Waals surface area (Å²) >= 11 is 5.95. The molecule has 0 saturated heterocycles. The zero-order valence-corrected chi connectivity index (χ0v) is 16.6. The highest BCUT2D eigenvalue weighted by Crippen LogP contribution is 2.18. The number of benzene rings is 3. The van der Waals surface area contributed by atoms with Crippen molar-refractivity contribution in [1.29, 1.82) is 0 Å². The zero-order chi connectivity index (χ0) is 20.6. The molecule has 0 aliphatic carbocycles. The van der Waals surface area contributed by atoms with Crippen LogP contribution in [0, 0.1) is 0 Å². The maximum Gasteiger partial charge on any atom is 0.265 e. The van der Waals surface area contributed by atoms with Crippen LogP contribution >= 0.6 is 11.6 Å². The van der Waals surface area contributed by atoms with Crippen molar-refractivity contribution in [1.82, 2.24) is 0 Å². The first-order valence-corrected chi connectivity index (χ1v) is 9.62. The van der Waals surface area contributed by atoms with Crippen molar-refractivity contribution in [3.63, 3.8) is 0 Å². The molecule has 5 nitrogen and oxygen atoms in total. The molecule has 0 fully saturated rings. The molecule has 1 unspecified atom stereocenters. The third-order valence-corrected chi connectivity index (χ3v) is 4.39. The predicted octanol–water partition coefficient (Wildman–Crippen LogP) is 5.39. The SMILES string of the molecule is CCC(Oc1ccccc1)C(=O)Nc1cccc(C(=O)Nc2cccc(Cl)c2)c1. The minimum absolute atomic E-state index is 0.274. The van der Waals surface area contributed by atoms with Gasteiger partial charge in [-0.05, 0) is 55.0 Å². The van der Waals surface area contributed by atoms with Crippen molar-refractivity contribution in [2.75, 3.05) is 10.6 Å². The molecule has 0 radical (unpaired) electrons. The number of para-hydroxylation sites is 1. The number of anilines is 2. The topological polar surface area (TPSA) is 67.4 Å². The summed E-state index contributed by atoms with van der Waals surface area (Å²) in [4.78, 5) is 25.1. The second kappa shape index (κ2) is 9.75. The van der Waals surface area contributed by atoms with E-state index in [0.29, 0.717) is 34.1 Å². The second-order valence-electron chi connectivity index (χ2n) is 6.36. The van der Waals surface area contributed by atoms with E-state index in [0.717, 1.165) is 0 Å². The number of ether oxygens (including phenoxy) is 1. The Hall–Kier alpha value is -3.31. The molecule has 0 heterocycles. The Kier molecular flexibility index (Phi) is 6.87. The molecule has 3 aromatic carbocycles. The molecule has 6 heteroatoms. The fourth-order valence-electron chi connectivity index (χ4n) is 2.72. The Morgan fingerprint density at radius 3 is 2.28 bits per heavy atom. The van der Waals surface area contributed by atoms with Gasteiger partial charge in [0.25, 0.3) is 11.8 Å². The van der Waals surface area contributed by atoms with Crippen molar-refractivity contribution in [3.8, 4) is 5.75 Å². The van der Waals surface area contributed by atoms with Gasteiger partial charge in [-0.3, -0.25) is 9.59 Å². The average Bonchev–Trinajstić information content (AvgIpc) is 2.73. The van der Waals surface area contributed by atoms with Gasteiger partial charge in [0.15, 0.2) is 6.10 Å². The fourth-order valence-corrected chi connectivity index (χ4v) is 2.91. The van der Waals surface area contributed by atoms with E-state index in [1.165, 1.54) is 0 Å². The van der Waals surface area contributed by atoms with Crippen LogP contribution in [0.4, 0.5) is 11.4 Å². The van der Waals surface area contributed by atoms with Crippen LogP contribution in [-0.2, 0) is 4.79 Å². The highest BCUT2D eigenvalue weighted by molar-refractivity contribution is 6.31. The molecule has 0 bridgehead atoms. The van der Waals surface area contributed by atoms with Gasteiger partial charge in [-0.2, -0.15) is 0 Å². The van der Waals surface area contributed by atoms with Gasteiger partial charge in [0.2, 0.25) is 0 Å². The van der Waals surface area contributed by atoms with Gasteiger partial charge in [-0.1, -0.05) is 48.9 Å². The zero-order valence-electron chi connectivity index (χ0n) is 15.9. The van der Waals surface area contributed by atoms with Crippen LogP contribution in [0.15, 0.2) is 78.9 Å². The monoisotopic (exact) mass is 408 g/mol. The lowest BCUT2D eigenvalue weighted by molar-refractivity contribution is -0.122. The molecule has 0 aromatic heterocycles. The molecule has 3 rings (SSSR count). The minimum atomic E-state index is -0.638. The third-order valence-electron chi connectivity index (χ3n) is 4.16. The summed E-state index contributed by atoms with van der Waals surface area (Å²) in [7, 11) is 0. The first-order chi connectivity index (χ1) is 14.0. The standard InChI is InChI=1S/C23H21ClN2O3/c1-2-21(29-20-12-4-3-5-13-20)23(28)26-18-10-6-8-16(14-18)22(27)25-19-11-7-9-17(24)15-19/h3-15,21H,2H2,1H3,(H,25,27)(H,26,28). The van der Waals surface area contributed by atoms with Crippen molar-refractivity contribution in [3.05, 3.63) is 89.4 Å². The van der Waals surface area contributed by atoms with Crippen LogP contribution in [0.2, 0.25) is 5.02 Å². The predicted molar refractivity (Wildman–Crippen MR) is 116 cm³/mol. The van der Waals surface area contributed by atoms with Crippen LogP contribution in [-0.4, -0.2) is 17.9 Å². The number of hydrogen-bond donors (Lipinski definition) is 2. The van der Waals surface area contributed by atoms with Gasteiger partial charge in [0, 0.05) is 22.0 Å². The van der Waals surface area contributed by atoms with E-state index in [4.69, 9.17) is 16.3 Å². The Morgan fingerprint density at radius 1 is 0.897 bits per heavy atom. The van der Waals surface area contributed by atoms with Gasteiger partial charge in [-0.25, -0.2) is 0 Å². The number of carbonyl (C=O) groups excluding carboxylic acids is 2. The summed E-state index contributed by atoms with van der Waals surface area (Å²) in [5.41, 5.74) is 1.53. The Balaban J connectivity index is 1.66. The largest absolute Gasteiger partial charge is 0.481 e. The lowest BCUT2D eigenvalue weighted by Crippen LogP contribution is -2.32. The molecule has 3 aromatic rings. The van der Waals surface area contributed by atoms with Crippen LogP contribution in [0.3, 0.4) is 0 Å². The second-order valence-corrected chi connectivity index (χ2v) is 6.80. The quantitative estimate of drug-likeness (QED) is 0.550. The smallest absolute Gasteiger partial charge is 0.265 e. The Morgan fingerprint density at radius 2 is 1.59 bits per heavy atom. The highest BCUT2D eigenvalue weighted by Gasteiger charge is 2.19. The van der Waals surface area contributed by atoms with E-state index in [1.807, 2.05) is 25.1 Å². The van der Waals surface area contributed by atoms with Crippen LogP contribution in [0.5, 0.6) is 5.75 Å². The summed E-state index contributed by atoms with van der Waals surface area (Å²) in [6, 6.07) is 22.8. The van der Waals surface area contributed by atoms with Gasteiger partial charge >= 0.3 is 0 Å². The minimum Gasteiger partial charge on any atom is -0.481 e. The molecular formula is C23H21ClN2O3. The van der Waals surface area contributed by atoms with E-state index in [1.54, 1.807) is 60.7 Å². The molecule has 2 amide bonds. The lowest BCUT2D eigenvalue weighted by atomic mass is 10.1. The van der Waals surface area contributed by atoms with E-state index in [2.05, 4.69) is 10.6 Å². The number of amides is 2. The van der Waals surface area contributed by atoms with Crippen LogP contribution in [0.25, 0.3) is 0 Å². The molecule has 1 atom stereocenters. The fraction of sp³-hybridized carbons (Fsp3) is 0.130. The maximum atomic E-state index is 12.6. The van der Waals surface area contributed by atoms with E-state index < -0.39 is 6.10 Å². The summed E-state index contributed by atoms with van der Waals surface area (Å²) in [6.45, 7) is 1.88. The van der Waals surface area contributed by atoms with Crippen LogP contribution in [0.1, 0.15) is 23.7 Å². The molecule has 0 aliphatic rings.